The largest absolute Gasteiger partial charge is 0.449 e. The molecule has 2 unspecified atom stereocenters. The number of rotatable bonds is 1. The summed E-state index contributed by atoms with van der Waals surface area (Å²) in [7, 11) is 0. The van der Waals surface area contributed by atoms with Crippen LogP contribution in [0.15, 0.2) is 0 Å². The van der Waals surface area contributed by atoms with E-state index in [0.29, 0.717) is 13.2 Å². The summed E-state index contributed by atoms with van der Waals surface area (Å²) >= 11 is 0. The molecule has 5 heteroatoms. The Morgan fingerprint density at radius 3 is 3.15 bits per heavy atom. The minimum Gasteiger partial charge on any atom is -0.449 e. The van der Waals surface area contributed by atoms with Crippen LogP contribution in [-0.2, 0) is 9.57 Å². The Kier molecular flexibility index (Phi) is 2.37. The lowest BCUT2D eigenvalue weighted by Crippen LogP contribution is -2.52. The van der Waals surface area contributed by atoms with Crippen LogP contribution in [0.1, 0.15) is 19.3 Å². The van der Waals surface area contributed by atoms with E-state index in [1.165, 1.54) is 0 Å². The number of carbonyl (C=O) groups is 1. The van der Waals surface area contributed by atoms with Crippen LogP contribution < -0.4 is 5.90 Å². The molecule has 0 aromatic rings. The molecule has 2 saturated heterocycles. The van der Waals surface area contributed by atoms with E-state index < -0.39 is 0 Å². The van der Waals surface area contributed by atoms with Crippen molar-refractivity contribution in [1.29, 1.82) is 0 Å². The minimum atomic E-state index is -0.188. The number of cyclic esters (lactones) is 1. The fourth-order valence-corrected chi connectivity index (χ4v) is 2.02. The molecule has 0 aliphatic carbocycles. The van der Waals surface area contributed by atoms with Crippen LogP contribution in [0.2, 0.25) is 0 Å². The monoisotopic (exact) mass is 186 g/mol. The lowest BCUT2D eigenvalue weighted by molar-refractivity contribution is -0.0371. The number of amides is 1. The summed E-state index contributed by atoms with van der Waals surface area (Å²) in [4.78, 5) is 17.8. The molecule has 74 valence electrons. The second-order valence-electron chi connectivity index (χ2n) is 3.53. The molecular weight excluding hydrogens is 172 g/mol. The highest BCUT2D eigenvalue weighted by Gasteiger charge is 2.35. The standard InChI is InChI=1S/C8H14N2O3/c9-13-7-1-3-10-6(5-7)2-4-12-8(10)11/h6-7H,1-5,9H2. The lowest BCUT2D eigenvalue weighted by atomic mass is 9.97. The first kappa shape index (κ1) is 8.77. The second-order valence-corrected chi connectivity index (χ2v) is 3.53. The van der Waals surface area contributed by atoms with Crippen molar-refractivity contribution < 1.29 is 14.4 Å². The maximum absolute atomic E-state index is 11.3. The topological polar surface area (TPSA) is 64.8 Å². The van der Waals surface area contributed by atoms with Crippen LogP contribution in [0.4, 0.5) is 4.79 Å². The van der Waals surface area contributed by atoms with E-state index in [-0.39, 0.29) is 18.2 Å². The Labute approximate surface area is 76.7 Å². The van der Waals surface area contributed by atoms with E-state index in [0.717, 1.165) is 19.3 Å². The molecule has 1 amide bonds. The summed E-state index contributed by atoms with van der Waals surface area (Å²) in [5.41, 5.74) is 0. The maximum atomic E-state index is 11.3. The molecule has 0 aromatic heterocycles. The first-order chi connectivity index (χ1) is 6.31. The van der Waals surface area contributed by atoms with Crippen molar-refractivity contribution in [3.8, 4) is 0 Å². The predicted octanol–water partition coefficient (Wildman–Crippen LogP) is 0.250. The van der Waals surface area contributed by atoms with Crippen molar-refractivity contribution in [2.75, 3.05) is 13.2 Å². The van der Waals surface area contributed by atoms with Crippen molar-refractivity contribution in [2.24, 2.45) is 5.90 Å². The number of hydrogen-bond donors (Lipinski definition) is 1. The maximum Gasteiger partial charge on any atom is 0.410 e. The highest BCUT2D eigenvalue weighted by Crippen LogP contribution is 2.25. The highest BCUT2D eigenvalue weighted by atomic mass is 16.6. The van der Waals surface area contributed by atoms with E-state index in [9.17, 15) is 4.79 Å². The quantitative estimate of drug-likeness (QED) is 0.596. The molecule has 2 aliphatic heterocycles. The summed E-state index contributed by atoms with van der Waals surface area (Å²) in [6.07, 6.45) is 2.46. The predicted molar refractivity (Wildman–Crippen MR) is 44.8 cm³/mol. The molecule has 0 spiro atoms. The fourth-order valence-electron chi connectivity index (χ4n) is 2.02. The number of nitrogens with two attached hydrogens (primary N) is 1. The van der Waals surface area contributed by atoms with Gasteiger partial charge in [0.15, 0.2) is 0 Å². The number of carbonyl (C=O) groups excluding carboxylic acids is 1. The molecule has 2 fully saturated rings. The third kappa shape index (κ3) is 1.62. The Balaban J connectivity index is 1.99. The Bertz CT molecular complexity index is 210. The zero-order valence-corrected chi connectivity index (χ0v) is 7.44. The van der Waals surface area contributed by atoms with E-state index in [2.05, 4.69) is 0 Å². The van der Waals surface area contributed by atoms with E-state index >= 15 is 0 Å². The third-order valence-electron chi connectivity index (χ3n) is 2.77. The number of fused-ring (bicyclic) bond motifs is 1. The second kappa shape index (κ2) is 3.51. The molecule has 5 nitrogen and oxygen atoms in total. The van der Waals surface area contributed by atoms with Crippen molar-refractivity contribution in [3.05, 3.63) is 0 Å². The van der Waals surface area contributed by atoms with Crippen LogP contribution in [0.5, 0.6) is 0 Å². The van der Waals surface area contributed by atoms with Gasteiger partial charge in [0.05, 0.1) is 12.7 Å². The molecular formula is C8H14N2O3. The fraction of sp³-hybridized carbons (Fsp3) is 0.875. The molecule has 2 atom stereocenters. The minimum absolute atomic E-state index is 0.104. The zero-order chi connectivity index (χ0) is 9.26. The molecule has 0 aromatic carbocycles. The van der Waals surface area contributed by atoms with Gasteiger partial charge in [0.1, 0.15) is 0 Å². The smallest absolute Gasteiger partial charge is 0.410 e. The van der Waals surface area contributed by atoms with E-state index in [1.54, 1.807) is 4.90 Å². The van der Waals surface area contributed by atoms with E-state index in [1.807, 2.05) is 0 Å². The van der Waals surface area contributed by atoms with Gasteiger partial charge < -0.3 is 14.5 Å². The average Bonchev–Trinajstić information content (AvgIpc) is 2.18. The van der Waals surface area contributed by atoms with Gasteiger partial charge in [-0.1, -0.05) is 0 Å². The van der Waals surface area contributed by atoms with Crippen molar-refractivity contribution in [1.82, 2.24) is 4.90 Å². The molecule has 13 heavy (non-hydrogen) atoms. The van der Waals surface area contributed by atoms with Crippen molar-refractivity contribution in [3.63, 3.8) is 0 Å². The van der Waals surface area contributed by atoms with Gasteiger partial charge in [0.2, 0.25) is 0 Å². The summed E-state index contributed by atoms with van der Waals surface area (Å²) in [6, 6.07) is 0.267. The summed E-state index contributed by atoms with van der Waals surface area (Å²) < 4.78 is 4.93. The van der Waals surface area contributed by atoms with Crippen LogP contribution in [-0.4, -0.2) is 36.3 Å². The van der Waals surface area contributed by atoms with Gasteiger partial charge >= 0.3 is 6.09 Å². The first-order valence-electron chi connectivity index (χ1n) is 4.60. The summed E-state index contributed by atoms with van der Waals surface area (Å²) in [5, 5.41) is 0. The van der Waals surface area contributed by atoms with Crippen molar-refractivity contribution >= 4 is 6.09 Å². The summed E-state index contributed by atoms with van der Waals surface area (Å²) in [5.74, 6) is 5.13. The Morgan fingerprint density at radius 1 is 1.54 bits per heavy atom. The summed E-state index contributed by atoms with van der Waals surface area (Å²) in [6.45, 7) is 1.22. The number of hydrogen-bond acceptors (Lipinski definition) is 4. The molecule has 0 bridgehead atoms. The van der Waals surface area contributed by atoms with Crippen molar-refractivity contribution in [2.45, 2.75) is 31.4 Å². The number of piperidine rings is 1. The van der Waals surface area contributed by atoms with Crippen LogP contribution in [0, 0.1) is 0 Å². The molecule has 2 rings (SSSR count). The van der Waals surface area contributed by atoms with Gasteiger partial charge in [0, 0.05) is 19.0 Å². The van der Waals surface area contributed by atoms with Crippen LogP contribution in [0.3, 0.4) is 0 Å². The Morgan fingerprint density at radius 2 is 2.38 bits per heavy atom. The Hall–Kier alpha value is -0.810. The molecule has 2 aliphatic rings. The van der Waals surface area contributed by atoms with Crippen LogP contribution >= 0.6 is 0 Å². The third-order valence-corrected chi connectivity index (χ3v) is 2.77. The molecule has 0 radical (unpaired) electrons. The van der Waals surface area contributed by atoms with E-state index in [4.69, 9.17) is 15.5 Å². The highest BCUT2D eigenvalue weighted by molar-refractivity contribution is 5.68. The number of nitrogens with zero attached hydrogens (tertiary/aromatic N) is 1. The van der Waals surface area contributed by atoms with Crippen LogP contribution in [0.25, 0.3) is 0 Å². The van der Waals surface area contributed by atoms with Gasteiger partial charge in [0.25, 0.3) is 0 Å². The van der Waals surface area contributed by atoms with Gasteiger partial charge in [-0.05, 0) is 12.8 Å². The molecule has 2 N–H and O–H groups in total. The molecule has 0 saturated carbocycles. The SMILES string of the molecule is NOC1CCN2C(=O)OCCC2C1. The van der Waals surface area contributed by atoms with Gasteiger partial charge in [-0.2, -0.15) is 0 Å². The zero-order valence-electron chi connectivity index (χ0n) is 7.44. The van der Waals surface area contributed by atoms with Gasteiger partial charge in [-0.25, -0.2) is 10.7 Å². The normalized spacial score (nSPS) is 33.9. The number of ether oxygens (including phenoxy) is 1. The lowest BCUT2D eigenvalue weighted by Gasteiger charge is -2.40. The average molecular weight is 186 g/mol. The van der Waals surface area contributed by atoms with Gasteiger partial charge in [-0.3, -0.25) is 0 Å². The molecule has 2 heterocycles. The van der Waals surface area contributed by atoms with Gasteiger partial charge in [-0.15, -0.1) is 0 Å². The first-order valence-corrected chi connectivity index (χ1v) is 4.60.